The van der Waals surface area contributed by atoms with Crippen molar-refractivity contribution in [3.05, 3.63) is 58.6 Å². The summed E-state index contributed by atoms with van der Waals surface area (Å²) < 4.78 is 5.14. The monoisotopic (exact) mass is 373 g/mol. The minimum absolute atomic E-state index is 0.0247. The Kier molecular flexibility index (Phi) is 5.89. The van der Waals surface area contributed by atoms with Crippen molar-refractivity contribution in [2.45, 2.75) is 13.5 Å². The number of hydrogen-bond donors (Lipinski definition) is 1. The molecule has 0 aliphatic carbocycles. The summed E-state index contributed by atoms with van der Waals surface area (Å²) in [4.78, 5) is 16.6. The third-order valence-corrected chi connectivity index (χ3v) is 4.92. The minimum atomic E-state index is -0.0247. The molecule has 138 valence electrons. The number of nitrogens with zero attached hydrogens (tertiary/aromatic N) is 2. The number of amides is 2. The van der Waals surface area contributed by atoms with Crippen LogP contribution in [0.5, 0.6) is 5.75 Å². The van der Waals surface area contributed by atoms with Crippen LogP contribution in [0.15, 0.2) is 42.5 Å². The molecule has 3 rings (SSSR count). The van der Waals surface area contributed by atoms with E-state index in [-0.39, 0.29) is 6.03 Å². The zero-order chi connectivity index (χ0) is 18.5. The number of halogens is 1. The van der Waals surface area contributed by atoms with Crippen LogP contribution >= 0.6 is 11.6 Å². The van der Waals surface area contributed by atoms with Crippen LogP contribution in [-0.4, -0.2) is 44.2 Å². The van der Waals surface area contributed by atoms with Gasteiger partial charge in [-0.25, -0.2) is 4.79 Å². The molecule has 0 bridgehead atoms. The number of benzene rings is 2. The van der Waals surface area contributed by atoms with Gasteiger partial charge in [-0.15, -0.1) is 0 Å². The van der Waals surface area contributed by atoms with Crippen LogP contribution in [0.3, 0.4) is 0 Å². The standard InChI is InChI=1S/C20H24ClN3O2/c1-15-3-6-17(21)13-19(15)23-9-11-24(12-10-23)20(25)22-14-16-4-7-18(26-2)8-5-16/h3-8,13H,9-12,14H2,1-2H3,(H,22,25). The maximum Gasteiger partial charge on any atom is 0.317 e. The average molecular weight is 374 g/mol. The molecule has 0 radical (unpaired) electrons. The summed E-state index contributed by atoms with van der Waals surface area (Å²) in [5.74, 6) is 0.813. The Hall–Kier alpha value is -2.40. The highest BCUT2D eigenvalue weighted by Gasteiger charge is 2.22. The van der Waals surface area contributed by atoms with E-state index in [1.807, 2.05) is 47.4 Å². The lowest BCUT2D eigenvalue weighted by Crippen LogP contribution is -2.51. The van der Waals surface area contributed by atoms with Crippen LogP contribution in [0, 0.1) is 6.92 Å². The second kappa shape index (κ2) is 8.32. The van der Waals surface area contributed by atoms with Gasteiger partial charge in [0.1, 0.15) is 5.75 Å². The summed E-state index contributed by atoms with van der Waals surface area (Å²) >= 11 is 6.12. The minimum Gasteiger partial charge on any atom is -0.497 e. The second-order valence-electron chi connectivity index (χ2n) is 6.41. The topological polar surface area (TPSA) is 44.8 Å². The molecule has 1 fully saturated rings. The Morgan fingerprint density at radius 1 is 1.12 bits per heavy atom. The van der Waals surface area contributed by atoms with Crippen molar-refractivity contribution in [3.8, 4) is 5.75 Å². The van der Waals surface area contributed by atoms with Gasteiger partial charge in [0.25, 0.3) is 0 Å². The number of urea groups is 1. The van der Waals surface area contributed by atoms with Gasteiger partial charge in [0.15, 0.2) is 0 Å². The molecule has 0 saturated carbocycles. The fourth-order valence-electron chi connectivity index (χ4n) is 3.11. The van der Waals surface area contributed by atoms with Crippen molar-refractivity contribution >= 4 is 23.3 Å². The number of aryl methyl sites for hydroxylation is 1. The highest BCUT2D eigenvalue weighted by atomic mass is 35.5. The van der Waals surface area contributed by atoms with Gasteiger partial charge in [0.2, 0.25) is 0 Å². The van der Waals surface area contributed by atoms with Gasteiger partial charge in [-0.05, 0) is 42.3 Å². The number of piperazine rings is 1. The van der Waals surface area contributed by atoms with Gasteiger partial charge in [-0.1, -0.05) is 29.8 Å². The van der Waals surface area contributed by atoms with Gasteiger partial charge in [0, 0.05) is 43.4 Å². The maximum atomic E-state index is 12.4. The van der Waals surface area contributed by atoms with Crippen molar-refractivity contribution in [2.24, 2.45) is 0 Å². The van der Waals surface area contributed by atoms with E-state index in [2.05, 4.69) is 17.1 Å². The molecule has 2 aromatic carbocycles. The second-order valence-corrected chi connectivity index (χ2v) is 6.85. The molecule has 2 amide bonds. The third-order valence-electron chi connectivity index (χ3n) is 4.68. The van der Waals surface area contributed by atoms with Gasteiger partial charge < -0.3 is 19.9 Å². The molecule has 1 aliphatic heterocycles. The number of nitrogens with one attached hydrogen (secondary N) is 1. The summed E-state index contributed by atoms with van der Waals surface area (Å²) in [6.45, 7) is 5.59. The van der Waals surface area contributed by atoms with Crippen LogP contribution in [0.2, 0.25) is 5.02 Å². The van der Waals surface area contributed by atoms with E-state index in [4.69, 9.17) is 16.3 Å². The van der Waals surface area contributed by atoms with E-state index in [0.717, 1.165) is 35.1 Å². The predicted molar refractivity (Wildman–Crippen MR) is 105 cm³/mol. The predicted octanol–water partition coefficient (Wildman–Crippen LogP) is 3.69. The van der Waals surface area contributed by atoms with Crippen molar-refractivity contribution in [3.63, 3.8) is 0 Å². The first-order chi connectivity index (χ1) is 12.6. The van der Waals surface area contributed by atoms with Crippen molar-refractivity contribution in [1.82, 2.24) is 10.2 Å². The summed E-state index contributed by atoms with van der Waals surface area (Å²) in [5.41, 5.74) is 3.40. The number of carbonyl (C=O) groups is 1. The summed E-state index contributed by atoms with van der Waals surface area (Å²) in [6, 6.07) is 13.6. The van der Waals surface area contributed by atoms with Crippen LogP contribution in [0.25, 0.3) is 0 Å². The van der Waals surface area contributed by atoms with Crippen LogP contribution in [0.4, 0.5) is 10.5 Å². The van der Waals surface area contributed by atoms with Crippen molar-refractivity contribution in [2.75, 3.05) is 38.2 Å². The Morgan fingerprint density at radius 3 is 2.46 bits per heavy atom. The first kappa shape index (κ1) is 18.4. The van der Waals surface area contributed by atoms with Crippen LogP contribution in [-0.2, 0) is 6.54 Å². The smallest absolute Gasteiger partial charge is 0.317 e. The Bertz CT molecular complexity index is 756. The van der Waals surface area contributed by atoms with Gasteiger partial charge >= 0.3 is 6.03 Å². The van der Waals surface area contributed by atoms with Gasteiger partial charge in [-0.2, -0.15) is 0 Å². The lowest BCUT2D eigenvalue weighted by Gasteiger charge is -2.36. The molecule has 6 heteroatoms. The van der Waals surface area contributed by atoms with E-state index in [0.29, 0.717) is 19.6 Å². The molecular weight excluding hydrogens is 350 g/mol. The van der Waals surface area contributed by atoms with E-state index in [9.17, 15) is 4.79 Å². The molecule has 0 aromatic heterocycles. The number of ether oxygens (including phenoxy) is 1. The van der Waals surface area contributed by atoms with Crippen LogP contribution in [0.1, 0.15) is 11.1 Å². The highest BCUT2D eigenvalue weighted by Crippen LogP contribution is 2.25. The number of carbonyl (C=O) groups excluding carboxylic acids is 1. The fourth-order valence-corrected chi connectivity index (χ4v) is 3.27. The number of anilines is 1. The number of hydrogen-bond acceptors (Lipinski definition) is 3. The van der Waals surface area contributed by atoms with Gasteiger partial charge in [-0.3, -0.25) is 0 Å². The Labute approximate surface area is 159 Å². The molecule has 0 unspecified atom stereocenters. The first-order valence-corrected chi connectivity index (χ1v) is 9.11. The van der Waals surface area contributed by atoms with E-state index < -0.39 is 0 Å². The van der Waals surface area contributed by atoms with Crippen molar-refractivity contribution < 1.29 is 9.53 Å². The van der Waals surface area contributed by atoms with E-state index in [1.54, 1.807) is 7.11 Å². The van der Waals surface area contributed by atoms with Crippen molar-refractivity contribution in [1.29, 1.82) is 0 Å². The Morgan fingerprint density at radius 2 is 1.81 bits per heavy atom. The zero-order valence-electron chi connectivity index (χ0n) is 15.2. The summed E-state index contributed by atoms with van der Waals surface area (Å²) in [7, 11) is 1.64. The molecule has 1 N–H and O–H groups in total. The SMILES string of the molecule is COc1ccc(CNC(=O)N2CCN(c3cc(Cl)ccc3C)CC2)cc1. The quantitative estimate of drug-likeness (QED) is 0.889. The number of methoxy groups -OCH3 is 1. The molecule has 1 saturated heterocycles. The van der Waals surface area contributed by atoms with Gasteiger partial charge in [0.05, 0.1) is 7.11 Å². The molecular formula is C20H24ClN3O2. The number of rotatable bonds is 4. The van der Waals surface area contributed by atoms with E-state index >= 15 is 0 Å². The molecule has 2 aromatic rings. The summed E-state index contributed by atoms with van der Waals surface area (Å²) in [5, 5.41) is 3.73. The average Bonchev–Trinajstić information content (AvgIpc) is 2.68. The Balaban J connectivity index is 1.50. The lowest BCUT2D eigenvalue weighted by molar-refractivity contribution is 0.194. The fraction of sp³-hybridized carbons (Fsp3) is 0.350. The largest absolute Gasteiger partial charge is 0.497 e. The molecule has 1 heterocycles. The molecule has 0 spiro atoms. The molecule has 0 atom stereocenters. The normalized spacial score (nSPS) is 14.3. The molecule has 5 nitrogen and oxygen atoms in total. The van der Waals surface area contributed by atoms with E-state index in [1.165, 1.54) is 5.56 Å². The first-order valence-electron chi connectivity index (χ1n) is 8.73. The third kappa shape index (κ3) is 4.41. The maximum absolute atomic E-state index is 12.4. The molecule has 1 aliphatic rings. The zero-order valence-corrected chi connectivity index (χ0v) is 15.9. The summed E-state index contributed by atoms with van der Waals surface area (Å²) in [6.07, 6.45) is 0. The lowest BCUT2D eigenvalue weighted by atomic mass is 10.1. The van der Waals surface area contributed by atoms with Crippen LogP contribution < -0.4 is 15.0 Å². The molecule has 26 heavy (non-hydrogen) atoms. The highest BCUT2D eigenvalue weighted by molar-refractivity contribution is 6.30.